The summed E-state index contributed by atoms with van der Waals surface area (Å²) in [5.74, 6) is -1.83. The van der Waals surface area contributed by atoms with Gasteiger partial charge in [0.1, 0.15) is 6.04 Å². The number of benzene rings is 2. The average molecular weight is 435 g/mol. The molecule has 158 valence electrons. The van der Waals surface area contributed by atoms with Gasteiger partial charge in [-0.2, -0.15) is 0 Å². The van der Waals surface area contributed by atoms with Crippen molar-refractivity contribution in [1.29, 1.82) is 0 Å². The molecular formula is C25H23ClN2O3. The van der Waals surface area contributed by atoms with E-state index >= 15 is 0 Å². The van der Waals surface area contributed by atoms with Crippen molar-refractivity contribution < 1.29 is 14.4 Å². The van der Waals surface area contributed by atoms with E-state index in [1.54, 1.807) is 18.2 Å². The molecule has 0 saturated carbocycles. The van der Waals surface area contributed by atoms with E-state index in [0.29, 0.717) is 17.0 Å². The van der Waals surface area contributed by atoms with Crippen LogP contribution in [0.3, 0.4) is 0 Å². The van der Waals surface area contributed by atoms with Gasteiger partial charge >= 0.3 is 0 Å². The zero-order valence-electron chi connectivity index (χ0n) is 17.4. The Morgan fingerprint density at radius 1 is 1.06 bits per heavy atom. The maximum atomic E-state index is 13.7. The topological polar surface area (TPSA) is 57.7 Å². The Kier molecular flexibility index (Phi) is 4.74. The Balaban J connectivity index is 1.66. The lowest BCUT2D eigenvalue weighted by atomic mass is 9.86. The number of likely N-dealkylation sites (tertiary alicyclic amines) is 1. The van der Waals surface area contributed by atoms with Crippen molar-refractivity contribution in [2.24, 2.45) is 11.8 Å². The second-order valence-electron chi connectivity index (χ2n) is 8.49. The summed E-state index contributed by atoms with van der Waals surface area (Å²) in [6, 6.07) is 13.2. The van der Waals surface area contributed by atoms with Gasteiger partial charge in [0.2, 0.25) is 11.8 Å². The highest BCUT2D eigenvalue weighted by molar-refractivity contribution is 6.30. The molecular weight excluding hydrogens is 412 g/mol. The summed E-state index contributed by atoms with van der Waals surface area (Å²) in [6.07, 6.45) is 4.57. The third kappa shape index (κ3) is 2.87. The van der Waals surface area contributed by atoms with Gasteiger partial charge in [0, 0.05) is 22.3 Å². The predicted molar refractivity (Wildman–Crippen MR) is 120 cm³/mol. The smallest absolute Gasteiger partial charge is 0.236 e. The number of halogens is 1. The molecule has 2 aromatic rings. The first-order valence-corrected chi connectivity index (χ1v) is 11.0. The fraction of sp³-hybridized carbons (Fsp3) is 0.320. The fourth-order valence-corrected chi connectivity index (χ4v) is 5.44. The first kappa shape index (κ1) is 20.0. The Bertz CT molecular complexity index is 1110. The molecule has 0 aromatic heterocycles. The predicted octanol–water partition coefficient (Wildman–Crippen LogP) is 4.21. The van der Waals surface area contributed by atoms with Crippen molar-refractivity contribution in [3.05, 3.63) is 70.8 Å². The number of nitrogens with zero attached hydrogens (tertiary/aromatic N) is 2. The van der Waals surface area contributed by atoms with Gasteiger partial charge in [-0.1, -0.05) is 61.0 Å². The third-order valence-corrected chi connectivity index (χ3v) is 7.10. The minimum atomic E-state index is -0.743. The molecule has 0 spiro atoms. The Hall–Kier alpha value is -2.92. The summed E-state index contributed by atoms with van der Waals surface area (Å²) in [7, 11) is 0. The molecule has 2 aromatic carbocycles. The molecule has 0 bridgehead atoms. The summed E-state index contributed by atoms with van der Waals surface area (Å²) >= 11 is 6.19. The van der Waals surface area contributed by atoms with Crippen molar-refractivity contribution in [1.82, 2.24) is 4.90 Å². The zero-order valence-corrected chi connectivity index (χ0v) is 18.1. The number of anilines is 1. The van der Waals surface area contributed by atoms with Crippen molar-refractivity contribution >= 4 is 41.0 Å². The number of hydrogen-bond acceptors (Lipinski definition) is 4. The molecule has 5 rings (SSSR count). The summed E-state index contributed by atoms with van der Waals surface area (Å²) < 4.78 is 0. The van der Waals surface area contributed by atoms with E-state index in [9.17, 15) is 14.4 Å². The zero-order chi connectivity index (χ0) is 21.9. The first-order valence-electron chi connectivity index (χ1n) is 10.7. The van der Waals surface area contributed by atoms with Gasteiger partial charge in [-0.05, 0) is 37.1 Å². The van der Waals surface area contributed by atoms with Crippen LogP contribution in [0.1, 0.15) is 36.2 Å². The summed E-state index contributed by atoms with van der Waals surface area (Å²) in [4.78, 5) is 44.1. The largest absolute Gasteiger partial charge is 0.352 e. The van der Waals surface area contributed by atoms with E-state index in [0.717, 1.165) is 11.3 Å². The molecule has 3 aliphatic heterocycles. The number of carbonyl (C=O) groups excluding carboxylic acids is 3. The number of ketones is 1. The minimum absolute atomic E-state index is 0.138. The second kappa shape index (κ2) is 7.34. The lowest BCUT2D eigenvalue weighted by molar-refractivity contribution is -0.142. The molecule has 6 heteroatoms. The van der Waals surface area contributed by atoms with Crippen LogP contribution in [0.15, 0.2) is 54.6 Å². The number of carbonyl (C=O) groups is 3. The SMILES string of the molecule is CC[C@H](C)N1C(=O)[C@@H]2[C@H](C1=O)[C@H]1C=Cc3cc(Cl)ccc3N1[C@H]2C(=O)c1ccccc1. The van der Waals surface area contributed by atoms with Crippen molar-refractivity contribution in [2.75, 3.05) is 4.90 Å². The highest BCUT2D eigenvalue weighted by Crippen LogP contribution is 2.49. The van der Waals surface area contributed by atoms with Crippen LogP contribution in [0.2, 0.25) is 5.02 Å². The number of hydrogen-bond donors (Lipinski definition) is 0. The maximum Gasteiger partial charge on any atom is 0.236 e. The monoisotopic (exact) mass is 434 g/mol. The van der Waals surface area contributed by atoms with Crippen molar-refractivity contribution in [3.63, 3.8) is 0 Å². The Morgan fingerprint density at radius 3 is 2.48 bits per heavy atom. The van der Waals surface area contributed by atoms with E-state index in [-0.39, 0.29) is 29.7 Å². The van der Waals surface area contributed by atoms with Gasteiger partial charge in [-0.3, -0.25) is 19.3 Å². The number of rotatable bonds is 4. The Morgan fingerprint density at radius 2 is 1.77 bits per heavy atom. The number of imide groups is 1. The molecule has 5 atom stereocenters. The molecule has 2 amide bonds. The van der Waals surface area contributed by atoms with Gasteiger partial charge in [0.25, 0.3) is 0 Å². The van der Waals surface area contributed by atoms with Crippen LogP contribution >= 0.6 is 11.6 Å². The van der Waals surface area contributed by atoms with E-state index in [1.165, 1.54) is 4.90 Å². The van der Waals surface area contributed by atoms with Crippen LogP contribution in [0, 0.1) is 11.8 Å². The van der Waals surface area contributed by atoms with Crippen LogP contribution in [0.25, 0.3) is 6.08 Å². The normalized spacial score (nSPS) is 27.2. The lowest BCUT2D eigenvalue weighted by Crippen LogP contribution is -2.50. The molecule has 3 aliphatic rings. The third-order valence-electron chi connectivity index (χ3n) is 6.86. The summed E-state index contributed by atoms with van der Waals surface area (Å²) in [6.45, 7) is 3.84. The van der Waals surface area contributed by atoms with Gasteiger partial charge in [-0.15, -0.1) is 0 Å². The molecule has 5 nitrogen and oxygen atoms in total. The van der Waals surface area contributed by atoms with Crippen molar-refractivity contribution in [3.8, 4) is 0 Å². The lowest BCUT2D eigenvalue weighted by Gasteiger charge is -2.37. The molecule has 0 radical (unpaired) electrons. The van der Waals surface area contributed by atoms with E-state index in [1.807, 2.05) is 61.2 Å². The van der Waals surface area contributed by atoms with Crippen LogP contribution in [-0.2, 0) is 9.59 Å². The average Bonchev–Trinajstić information content (AvgIpc) is 3.26. The molecule has 2 saturated heterocycles. The fourth-order valence-electron chi connectivity index (χ4n) is 5.26. The molecule has 3 heterocycles. The first-order chi connectivity index (χ1) is 14.9. The van der Waals surface area contributed by atoms with Gasteiger partial charge in [-0.25, -0.2) is 0 Å². The quantitative estimate of drug-likeness (QED) is 0.534. The summed E-state index contributed by atoms with van der Waals surface area (Å²) in [5.41, 5.74) is 2.25. The second-order valence-corrected chi connectivity index (χ2v) is 8.93. The van der Waals surface area contributed by atoms with Gasteiger partial charge < -0.3 is 4.90 Å². The van der Waals surface area contributed by atoms with Crippen LogP contribution < -0.4 is 4.90 Å². The molecule has 0 aliphatic carbocycles. The number of amides is 2. The van der Waals surface area contributed by atoms with E-state index in [4.69, 9.17) is 11.6 Å². The number of fused-ring (bicyclic) bond motifs is 5. The standard InChI is InChI=1S/C25H23ClN2O3/c1-3-14(2)27-24(30)20-19-11-9-16-13-17(26)10-12-18(16)28(19)22(21(20)25(27)31)23(29)15-7-5-4-6-8-15/h4-14,19-22H,3H2,1-2H3/t14-,19+,20+,21+,22+/m0/s1. The van der Waals surface area contributed by atoms with E-state index < -0.39 is 17.9 Å². The molecule has 31 heavy (non-hydrogen) atoms. The van der Waals surface area contributed by atoms with Crippen LogP contribution in [0.5, 0.6) is 0 Å². The number of Topliss-reactive ketones (excluding diaryl/α,β-unsaturated/α-hetero) is 1. The molecule has 2 fully saturated rings. The van der Waals surface area contributed by atoms with Crippen molar-refractivity contribution in [2.45, 2.75) is 38.4 Å². The van der Waals surface area contributed by atoms with E-state index in [2.05, 4.69) is 0 Å². The molecule has 0 unspecified atom stereocenters. The highest BCUT2D eigenvalue weighted by atomic mass is 35.5. The molecule has 0 N–H and O–H groups in total. The maximum absolute atomic E-state index is 13.7. The van der Waals surface area contributed by atoms with Gasteiger partial charge in [0.15, 0.2) is 5.78 Å². The van der Waals surface area contributed by atoms with Crippen LogP contribution in [-0.4, -0.2) is 40.6 Å². The highest BCUT2D eigenvalue weighted by Gasteiger charge is 2.64. The minimum Gasteiger partial charge on any atom is -0.352 e. The van der Waals surface area contributed by atoms with Gasteiger partial charge in [0.05, 0.1) is 17.9 Å². The summed E-state index contributed by atoms with van der Waals surface area (Å²) in [5, 5.41) is 0.599. The van der Waals surface area contributed by atoms with Crippen LogP contribution in [0.4, 0.5) is 5.69 Å². The Labute approximate surface area is 186 Å².